The molecule has 3 heteroatoms. The molecule has 134 valence electrons. The molecule has 0 aromatic heterocycles. The molecule has 0 saturated carbocycles. The van der Waals surface area contributed by atoms with Crippen molar-refractivity contribution in [2.24, 2.45) is 0 Å². The molecule has 0 aliphatic heterocycles. The molecule has 1 aromatic carbocycles. The van der Waals surface area contributed by atoms with Gasteiger partial charge < -0.3 is 0 Å². The van der Waals surface area contributed by atoms with Gasteiger partial charge in [0.25, 0.3) is 0 Å². The molecule has 0 bridgehead atoms. The van der Waals surface area contributed by atoms with Crippen LogP contribution in [0.1, 0.15) is 53.0 Å². The minimum Gasteiger partial charge on any atom is -0.147 e. The zero-order valence-electron chi connectivity index (χ0n) is 15.8. The molecule has 0 nitrogen and oxygen atoms in total. The minimum atomic E-state index is 0. The van der Waals surface area contributed by atoms with Crippen LogP contribution in [0.3, 0.4) is 0 Å². The maximum absolute atomic E-state index is 3.12. The third-order valence-corrected chi connectivity index (χ3v) is 4.63. The van der Waals surface area contributed by atoms with Gasteiger partial charge in [0.15, 0.2) is 0 Å². The summed E-state index contributed by atoms with van der Waals surface area (Å²) in [5, 5.41) is 0. The van der Waals surface area contributed by atoms with Crippen LogP contribution in [-0.4, -0.2) is 3.21 Å². The van der Waals surface area contributed by atoms with Crippen molar-refractivity contribution in [1.82, 2.24) is 0 Å². The normalized spacial score (nSPS) is 14.0. The predicted octanol–water partition coefficient (Wildman–Crippen LogP) is 6.79. The van der Waals surface area contributed by atoms with Gasteiger partial charge in [-0.3, -0.25) is 12.2 Å². The van der Waals surface area contributed by atoms with Gasteiger partial charge in [-0.25, -0.2) is 23.3 Å². The molecule has 25 heavy (non-hydrogen) atoms. The van der Waals surface area contributed by atoms with Crippen LogP contribution in [0.25, 0.3) is 0 Å². The van der Waals surface area contributed by atoms with Gasteiger partial charge in [-0.2, -0.15) is 11.1 Å². The van der Waals surface area contributed by atoms with E-state index >= 15 is 0 Å². The van der Waals surface area contributed by atoms with E-state index in [1.54, 1.807) is 0 Å². The molecule has 0 N–H and O–H groups in total. The summed E-state index contributed by atoms with van der Waals surface area (Å²) >= 11 is 1.51. The summed E-state index contributed by atoms with van der Waals surface area (Å²) in [7, 11) is 0. The van der Waals surface area contributed by atoms with Gasteiger partial charge in [0, 0.05) is 0 Å². The first-order valence-corrected chi connectivity index (χ1v) is 9.21. The first kappa shape index (κ1) is 26.7. The van der Waals surface area contributed by atoms with E-state index in [0.717, 1.165) is 12.8 Å². The van der Waals surface area contributed by atoms with Crippen LogP contribution in [0.5, 0.6) is 0 Å². The molecule has 3 rings (SSSR count). The first-order chi connectivity index (χ1) is 10.9. The van der Waals surface area contributed by atoms with Crippen LogP contribution in [0.15, 0.2) is 64.8 Å². The Morgan fingerprint density at radius 2 is 1.20 bits per heavy atom. The third-order valence-electron chi connectivity index (χ3n) is 3.92. The SMILES string of the molecule is CC1=C(C)C[C-]=C1.CC1=C(C)C[C-]=C1.C[C](=[Zr+2])c1ccccc1.Cl.Cl. The van der Waals surface area contributed by atoms with Crippen molar-refractivity contribution in [3.63, 3.8) is 0 Å². The Labute approximate surface area is 181 Å². The van der Waals surface area contributed by atoms with Gasteiger partial charge in [-0.15, -0.1) is 51.5 Å². The average Bonchev–Trinajstić information content (AvgIpc) is 3.10. The van der Waals surface area contributed by atoms with Crippen molar-refractivity contribution in [1.29, 1.82) is 0 Å². The second kappa shape index (κ2) is 14.7. The molecule has 2 aliphatic rings. The molecule has 0 atom stereocenters. The summed E-state index contributed by atoms with van der Waals surface area (Å²) < 4.78 is 1.46. The molecule has 2 aliphatic carbocycles. The molecule has 0 fully saturated rings. The van der Waals surface area contributed by atoms with E-state index < -0.39 is 0 Å². The number of halogens is 2. The van der Waals surface area contributed by atoms with Crippen LogP contribution in [-0.2, 0) is 24.2 Å². The third kappa shape index (κ3) is 11.0. The maximum atomic E-state index is 3.12. The largest absolute Gasteiger partial charge is 0.147 e. The molecule has 0 unspecified atom stereocenters. The topological polar surface area (TPSA) is 0 Å². The standard InChI is InChI=1S/C8H8.2C7H9.2ClH.Zr/c1-2-8-6-4-3-5-7-8;2*1-6-4-3-5-7(6)2;;;/h3-7H,1H3;2*4H,5H2,1-2H3;2*1H;/q;2*-1;;;+2. The van der Waals surface area contributed by atoms with E-state index in [1.165, 1.54) is 55.3 Å². The Morgan fingerprint density at radius 3 is 1.36 bits per heavy atom. The quantitative estimate of drug-likeness (QED) is 0.410. The Morgan fingerprint density at radius 1 is 0.800 bits per heavy atom. The summed E-state index contributed by atoms with van der Waals surface area (Å²) in [5.74, 6) is 0. The molecule has 0 radical (unpaired) electrons. The van der Waals surface area contributed by atoms with Crippen molar-refractivity contribution in [2.75, 3.05) is 0 Å². The van der Waals surface area contributed by atoms with Gasteiger partial charge in [0.05, 0.1) is 0 Å². The van der Waals surface area contributed by atoms with Crippen LogP contribution >= 0.6 is 24.8 Å². The molecule has 0 spiro atoms. The van der Waals surface area contributed by atoms with Gasteiger partial charge in [0.2, 0.25) is 0 Å². The zero-order chi connectivity index (χ0) is 17.2. The van der Waals surface area contributed by atoms with Gasteiger partial charge >= 0.3 is 70.3 Å². The Balaban J connectivity index is 0. The van der Waals surface area contributed by atoms with E-state index in [0.29, 0.717) is 0 Å². The van der Waals surface area contributed by atoms with Crippen LogP contribution in [0, 0.1) is 12.2 Å². The Hall–Kier alpha value is -0.487. The zero-order valence-corrected chi connectivity index (χ0v) is 19.9. The molecular formula is C22H28Cl2Zr. The molecular weight excluding hydrogens is 426 g/mol. The fraction of sp³-hybridized carbons (Fsp3) is 0.318. The van der Waals surface area contributed by atoms with Gasteiger partial charge in [-0.05, 0) is 0 Å². The Bertz CT molecular complexity index is 616. The number of benzene rings is 1. The summed E-state index contributed by atoms with van der Waals surface area (Å²) in [4.78, 5) is 0. The Kier molecular flexibility index (Phi) is 15.7. The number of hydrogen-bond donors (Lipinski definition) is 0. The second-order valence-corrected chi connectivity index (χ2v) is 7.81. The summed E-state index contributed by atoms with van der Waals surface area (Å²) in [6.45, 7) is 10.7. The molecule has 0 saturated heterocycles. The van der Waals surface area contributed by atoms with E-state index in [2.05, 4.69) is 83.2 Å². The van der Waals surface area contributed by atoms with Crippen molar-refractivity contribution >= 4 is 28.0 Å². The van der Waals surface area contributed by atoms with E-state index in [-0.39, 0.29) is 24.8 Å². The first-order valence-electron chi connectivity index (χ1n) is 7.98. The fourth-order valence-corrected chi connectivity index (χ4v) is 2.34. The number of allylic oxidation sites excluding steroid dienone is 8. The van der Waals surface area contributed by atoms with Crippen LogP contribution in [0.2, 0.25) is 0 Å². The predicted molar refractivity (Wildman–Crippen MR) is 112 cm³/mol. The van der Waals surface area contributed by atoms with Crippen molar-refractivity contribution in [3.05, 3.63) is 82.5 Å². The van der Waals surface area contributed by atoms with E-state index in [4.69, 9.17) is 0 Å². The molecule has 0 heterocycles. The van der Waals surface area contributed by atoms with Crippen LogP contribution < -0.4 is 0 Å². The fourth-order valence-electron chi connectivity index (χ4n) is 1.93. The van der Waals surface area contributed by atoms with Crippen molar-refractivity contribution < 1.29 is 24.2 Å². The van der Waals surface area contributed by atoms with Gasteiger partial charge in [0.1, 0.15) is 0 Å². The summed E-state index contributed by atoms with van der Waals surface area (Å²) in [6.07, 6.45) is 12.4. The van der Waals surface area contributed by atoms with Gasteiger partial charge in [-0.1, -0.05) is 13.8 Å². The maximum Gasteiger partial charge on any atom is -0.147 e. The van der Waals surface area contributed by atoms with Crippen molar-refractivity contribution in [2.45, 2.75) is 47.5 Å². The molecule has 0 amide bonds. The van der Waals surface area contributed by atoms with E-state index in [1.807, 2.05) is 6.07 Å². The minimum absolute atomic E-state index is 0. The van der Waals surface area contributed by atoms with Crippen LogP contribution in [0.4, 0.5) is 0 Å². The number of hydrogen-bond acceptors (Lipinski definition) is 0. The molecule has 1 aromatic rings. The summed E-state index contributed by atoms with van der Waals surface area (Å²) in [6, 6.07) is 10.5. The smallest absolute Gasteiger partial charge is 0.147 e. The number of rotatable bonds is 1. The van der Waals surface area contributed by atoms with Crippen molar-refractivity contribution in [3.8, 4) is 0 Å². The second-order valence-electron chi connectivity index (χ2n) is 5.97. The summed E-state index contributed by atoms with van der Waals surface area (Å²) in [5.41, 5.74) is 7.07. The van der Waals surface area contributed by atoms with E-state index in [9.17, 15) is 0 Å². The monoisotopic (exact) mass is 452 g/mol. The average molecular weight is 455 g/mol.